The lowest BCUT2D eigenvalue weighted by Crippen LogP contribution is -1.92. The van der Waals surface area contributed by atoms with Crippen molar-refractivity contribution >= 4 is 5.82 Å². The molecule has 17 heavy (non-hydrogen) atoms. The number of aromatic nitrogens is 4. The Morgan fingerprint density at radius 3 is 2.71 bits per heavy atom. The third-order valence-electron chi connectivity index (χ3n) is 2.51. The first-order valence-corrected chi connectivity index (χ1v) is 5.24. The number of anilines is 1. The molecule has 5 nitrogen and oxygen atoms in total. The molecule has 2 heterocycles. The molecule has 0 aliphatic heterocycles. The molecule has 0 radical (unpaired) electrons. The molecule has 0 saturated heterocycles. The minimum atomic E-state index is 0.479. The monoisotopic (exact) mass is 225 g/mol. The number of nitrogens with one attached hydrogen (secondary N) is 1. The average molecular weight is 225 g/mol. The second-order valence-corrected chi connectivity index (χ2v) is 3.72. The molecule has 5 heteroatoms. The fourth-order valence-electron chi connectivity index (χ4n) is 1.67. The van der Waals surface area contributed by atoms with Gasteiger partial charge in [0.15, 0.2) is 0 Å². The van der Waals surface area contributed by atoms with Crippen molar-refractivity contribution in [1.29, 1.82) is 0 Å². The van der Waals surface area contributed by atoms with Gasteiger partial charge in [-0.2, -0.15) is 10.2 Å². The molecule has 0 unspecified atom stereocenters. The van der Waals surface area contributed by atoms with Gasteiger partial charge in [-0.25, -0.2) is 4.68 Å². The van der Waals surface area contributed by atoms with Gasteiger partial charge in [0, 0.05) is 17.8 Å². The van der Waals surface area contributed by atoms with E-state index in [4.69, 9.17) is 5.73 Å². The smallest absolute Gasteiger partial charge is 0.145 e. The Morgan fingerprint density at radius 1 is 1.18 bits per heavy atom. The lowest BCUT2D eigenvalue weighted by molar-refractivity contribution is 0.880. The van der Waals surface area contributed by atoms with Crippen molar-refractivity contribution in [1.82, 2.24) is 20.0 Å². The summed E-state index contributed by atoms with van der Waals surface area (Å²) in [7, 11) is 0. The van der Waals surface area contributed by atoms with Gasteiger partial charge in [0.2, 0.25) is 0 Å². The zero-order chi connectivity index (χ0) is 11.7. The topological polar surface area (TPSA) is 72.5 Å². The number of nitrogen functional groups attached to an aromatic ring is 1. The molecule has 0 amide bonds. The van der Waals surface area contributed by atoms with Crippen molar-refractivity contribution in [3.8, 4) is 16.9 Å². The SMILES string of the molecule is Nc1cc(-c2cnn(-c3ccccc3)c2)[nH]n1. The molecule has 0 atom stereocenters. The third kappa shape index (κ3) is 1.78. The molecule has 0 aliphatic carbocycles. The zero-order valence-electron chi connectivity index (χ0n) is 9.04. The second kappa shape index (κ2) is 3.79. The molecule has 0 saturated carbocycles. The van der Waals surface area contributed by atoms with Crippen LogP contribution in [0.3, 0.4) is 0 Å². The van der Waals surface area contributed by atoms with Gasteiger partial charge in [0.05, 0.1) is 17.6 Å². The van der Waals surface area contributed by atoms with Crippen LogP contribution in [0.1, 0.15) is 0 Å². The minimum Gasteiger partial charge on any atom is -0.382 e. The van der Waals surface area contributed by atoms with Crippen LogP contribution in [0.25, 0.3) is 16.9 Å². The number of rotatable bonds is 2. The normalized spacial score (nSPS) is 10.6. The van der Waals surface area contributed by atoms with Gasteiger partial charge in [0.1, 0.15) is 5.82 Å². The van der Waals surface area contributed by atoms with E-state index in [-0.39, 0.29) is 0 Å². The predicted octanol–water partition coefficient (Wildman–Crippen LogP) is 1.84. The summed E-state index contributed by atoms with van der Waals surface area (Å²) in [6.07, 6.45) is 3.71. The zero-order valence-corrected chi connectivity index (χ0v) is 9.04. The average Bonchev–Trinajstić information content (AvgIpc) is 2.98. The molecule has 0 bridgehead atoms. The van der Waals surface area contributed by atoms with E-state index in [1.165, 1.54) is 0 Å². The van der Waals surface area contributed by atoms with Crippen molar-refractivity contribution in [2.24, 2.45) is 0 Å². The standard InChI is InChI=1S/C12H11N5/c13-12-6-11(15-16-12)9-7-14-17(8-9)10-4-2-1-3-5-10/h1-8H,(H3,13,15,16). The molecule has 1 aromatic carbocycles. The first kappa shape index (κ1) is 9.65. The van der Waals surface area contributed by atoms with Crippen LogP contribution in [0.2, 0.25) is 0 Å². The summed E-state index contributed by atoms with van der Waals surface area (Å²) in [6, 6.07) is 11.7. The van der Waals surface area contributed by atoms with Crippen molar-refractivity contribution in [2.75, 3.05) is 5.73 Å². The predicted molar refractivity (Wildman–Crippen MR) is 65.6 cm³/mol. The third-order valence-corrected chi connectivity index (χ3v) is 2.51. The van der Waals surface area contributed by atoms with Gasteiger partial charge < -0.3 is 5.73 Å². The van der Waals surface area contributed by atoms with Crippen LogP contribution in [-0.2, 0) is 0 Å². The van der Waals surface area contributed by atoms with Crippen molar-refractivity contribution in [3.05, 3.63) is 48.8 Å². The molecule has 3 aromatic rings. The molecule has 3 N–H and O–H groups in total. The van der Waals surface area contributed by atoms with E-state index in [1.54, 1.807) is 12.3 Å². The summed E-state index contributed by atoms with van der Waals surface area (Å²) >= 11 is 0. The highest BCUT2D eigenvalue weighted by Gasteiger charge is 2.05. The Bertz CT molecular complexity index is 623. The minimum absolute atomic E-state index is 0.479. The fourth-order valence-corrected chi connectivity index (χ4v) is 1.67. The number of para-hydroxylation sites is 1. The fraction of sp³-hybridized carbons (Fsp3) is 0. The maximum Gasteiger partial charge on any atom is 0.145 e. The van der Waals surface area contributed by atoms with Crippen LogP contribution >= 0.6 is 0 Å². The van der Waals surface area contributed by atoms with E-state index in [0.29, 0.717) is 5.82 Å². The van der Waals surface area contributed by atoms with Crippen LogP contribution in [0.15, 0.2) is 48.8 Å². The van der Waals surface area contributed by atoms with Crippen LogP contribution < -0.4 is 5.73 Å². The highest BCUT2D eigenvalue weighted by atomic mass is 15.3. The van der Waals surface area contributed by atoms with Gasteiger partial charge in [-0.1, -0.05) is 18.2 Å². The maximum absolute atomic E-state index is 5.56. The first-order chi connectivity index (χ1) is 8.33. The van der Waals surface area contributed by atoms with Gasteiger partial charge in [-0.05, 0) is 12.1 Å². The van der Waals surface area contributed by atoms with E-state index < -0.39 is 0 Å². The number of H-pyrrole nitrogens is 1. The largest absolute Gasteiger partial charge is 0.382 e. The highest BCUT2D eigenvalue weighted by Crippen LogP contribution is 2.19. The molecule has 0 fully saturated rings. The first-order valence-electron chi connectivity index (χ1n) is 5.24. The molecule has 0 aliphatic rings. The van der Waals surface area contributed by atoms with E-state index in [2.05, 4.69) is 15.3 Å². The number of aromatic amines is 1. The maximum atomic E-state index is 5.56. The van der Waals surface area contributed by atoms with Gasteiger partial charge in [0.25, 0.3) is 0 Å². The molecule has 84 valence electrons. The second-order valence-electron chi connectivity index (χ2n) is 3.72. The highest BCUT2D eigenvalue weighted by molar-refractivity contribution is 5.60. The van der Waals surface area contributed by atoms with Crippen LogP contribution in [-0.4, -0.2) is 20.0 Å². The van der Waals surface area contributed by atoms with Gasteiger partial charge >= 0.3 is 0 Å². The number of hydrogen-bond acceptors (Lipinski definition) is 3. The van der Waals surface area contributed by atoms with Gasteiger partial charge in [-0.3, -0.25) is 5.10 Å². The number of hydrogen-bond donors (Lipinski definition) is 2. The van der Waals surface area contributed by atoms with Crippen molar-refractivity contribution in [2.45, 2.75) is 0 Å². The molecule has 2 aromatic heterocycles. The Morgan fingerprint density at radius 2 is 2.00 bits per heavy atom. The molecule has 0 spiro atoms. The van der Waals surface area contributed by atoms with Crippen LogP contribution in [0.5, 0.6) is 0 Å². The van der Waals surface area contributed by atoms with Crippen molar-refractivity contribution < 1.29 is 0 Å². The summed E-state index contributed by atoms with van der Waals surface area (Å²) in [5.74, 6) is 0.479. The van der Waals surface area contributed by atoms with E-state index in [1.807, 2.05) is 41.2 Å². The molecule has 3 rings (SSSR count). The van der Waals surface area contributed by atoms with Crippen molar-refractivity contribution in [3.63, 3.8) is 0 Å². The Kier molecular flexibility index (Phi) is 2.15. The summed E-state index contributed by atoms with van der Waals surface area (Å²) in [4.78, 5) is 0. The number of nitrogens with two attached hydrogens (primary N) is 1. The Hall–Kier alpha value is -2.56. The number of benzene rings is 1. The van der Waals surface area contributed by atoms with E-state index >= 15 is 0 Å². The number of nitrogens with zero attached hydrogens (tertiary/aromatic N) is 3. The Labute approximate surface area is 97.9 Å². The summed E-state index contributed by atoms with van der Waals surface area (Å²) in [5.41, 5.74) is 8.41. The Balaban J connectivity index is 1.99. The van der Waals surface area contributed by atoms with Crippen LogP contribution in [0, 0.1) is 0 Å². The van der Waals surface area contributed by atoms with Crippen LogP contribution in [0.4, 0.5) is 5.82 Å². The quantitative estimate of drug-likeness (QED) is 0.699. The lowest BCUT2D eigenvalue weighted by atomic mass is 10.2. The van der Waals surface area contributed by atoms with E-state index in [9.17, 15) is 0 Å². The summed E-state index contributed by atoms with van der Waals surface area (Å²) in [6.45, 7) is 0. The summed E-state index contributed by atoms with van der Waals surface area (Å²) in [5, 5.41) is 11.0. The summed E-state index contributed by atoms with van der Waals surface area (Å²) < 4.78 is 1.81. The van der Waals surface area contributed by atoms with E-state index in [0.717, 1.165) is 16.9 Å². The van der Waals surface area contributed by atoms with Gasteiger partial charge in [-0.15, -0.1) is 0 Å². The molecular weight excluding hydrogens is 214 g/mol. The molecular formula is C12H11N5. The lowest BCUT2D eigenvalue weighted by Gasteiger charge is -1.98.